The third-order valence-electron chi connectivity index (χ3n) is 3.52. The van der Waals surface area contributed by atoms with Crippen LogP contribution < -0.4 is 10.2 Å². The van der Waals surface area contributed by atoms with Gasteiger partial charge >= 0.3 is 0 Å². The number of hydrogen-bond acceptors (Lipinski definition) is 3. The van der Waals surface area contributed by atoms with Crippen molar-refractivity contribution in [3.63, 3.8) is 0 Å². The predicted octanol–water partition coefficient (Wildman–Crippen LogP) is 2.57. The molecule has 4 nitrogen and oxygen atoms in total. The molecule has 1 aromatic carbocycles. The number of anilines is 1. The van der Waals surface area contributed by atoms with Gasteiger partial charge in [-0.25, -0.2) is 8.78 Å². The summed E-state index contributed by atoms with van der Waals surface area (Å²) in [5.41, 5.74) is 0.353. The summed E-state index contributed by atoms with van der Waals surface area (Å²) in [5.74, 6) is -1.22. The molecule has 0 aliphatic carbocycles. The number of carbonyl (C=O) groups is 1. The molecular weight excluding hydrogens is 278 g/mol. The molecule has 21 heavy (non-hydrogen) atoms. The highest BCUT2D eigenvalue weighted by molar-refractivity contribution is 5.91. The molecule has 0 bridgehead atoms. The molecule has 6 heteroatoms. The van der Waals surface area contributed by atoms with Gasteiger partial charge in [-0.3, -0.25) is 4.79 Å². The third-order valence-corrected chi connectivity index (χ3v) is 3.52. The number of benzene rings is 1. The summed E-state index contributed by atoms with van der Waals surface area (Å²) in [6.07, 6.45) is 2.13. The first-order chi connectivity index (χ1) is 10.1. The fraction of sp³-hybridized carbons (Fsp3) is 0.267. The topological polar surface area (TPSA) is 45.5 Å². The zero-order valence-corrected chi connectivity index (χ0v) is 11.2. The number of halogens is 2. The number of rotatable bonds is 3. The van der Waals surface area contributed by atoms with Gasteiger partial charge in [-0.15, -0.1) is 0 Å². The second-order valence-electron chi connectivity index (χ2n) is 4.98. The Bertz CT molecular complexity index is 643. The Kier molecular flexibility index (Phi) is 3.60. The van der Waals surface area contributed by atoms with Gasteiger partial charge in [0.25, 0.3) is 5.91 Å². The Hall–Kier alpha value is -2.37. The summed E-state index contributed by atoms with van der Waals surface area (Å²) >= 11 is 0. The van der Waals surface area contributed by atoms with Crippen LogP contribution in [0.15, 0.2) is 41.0 Å². The molecule has 2 aromatic rings. The largest absolute Gasteiger partial charge is 0.459 e. The van der Waals surface area contributed by atoms with Crippen LogP contribution in [0, 0.1) is 11.6 Å². The number of carbonyl (C=O) groups excluding carboxylic acids is 1. The van der Waals surface area contributed by atoms with Gasteiger partial charge in [0, 0.05) is 25.2 Å². The minimum Gasteiger partial charge on any atom is -0.459 e. The van der Waals surface area contributed by atoms with E-state index in [9.17, 15) is 13.6 Å². The van der Waals surface area contributed by atoms with Crippen LogP contribution in [-0.4, -0.2) is 25.0 Å². The van der Waals surface area contributed by atoms with E-state index in [0.717, 1.165) is 6.07 Å². The van der Waals surface area contributed by atoms with E-state index in [1.807, 2.05) is 0 Å². The minimum absolute atomic E-state index is 0.0907. The lowest BCUT2D eigenvalue weighted by atomic mass is 10.2. The number of nitrogens with zero attached hydrogens (tertiary/aromatic N) is 1. The molecule has 1 saturated heterocycles. The van der Waals surface area contributed by atoms with Gasteiger partial charge in [-0.05, 0) is 30.7 Å². The fourth-order valence-corrected chi connectivity index (χ4v) is 2.50. The standard InChI is InChI=1S/C15H14F2N2O2/c16-10-3-4-13(12(17)8-10)19-6-5-11(9-19)18-15(20)14-2-1-7-21-14/h1-4,7-8,11H,5-6,9H2,(H,18,20). The molecular formula is C15H14F2N2O2. The maximum absolute atomic E-state index is 13.7. The first-order valence-corrected chi connectivity index (χ1v) is 6.68. The summed E-state index contributed by atoms with van der Waals surface area (Å²) in [6, 6.07) is 6.65. The van der Waals surface area contributed by atoms with Crippen LogP contribution >= 0.6 is 0 Å². The van der Waals surface area contributed by atoms with Crippen molar-refractivity contribution in [3.8, 4) is 0 Å². The average Bonchev–Trinajstić information content (AvgIpc) is 3.09. The van der Waals surface area contributed by atoms with Crippen LogP contribution in [0.2, 0.25) is 0 Å². The normalized spacial score (nSPS) is 18.0. The summed E-state index contributed by atoms with van der Waals surface area (Å²) in [5, 5.41) is 2.84. The van der Waals surface area contributed by atoms with Crippen molar-refractivity contribution in [1.82, 2.24) is 5.32 Å². The number of nitrogens with one attached hydrogen (secondary N) is 1. The molecule has 0 saturated carbocycles. The summed E-state index contributed by atoms with van der Waals surface area (Å²) < 4.78 is 31.7. The van der Waals surface area contributed by atoms with Gasteiger partial charge in [0.1, 0.15) is 11.6 Å². The Morgan fingerprint density at radius 1 is 1.33 bits per heavy atom. The van der Waals surface area contributed by atoms with Crippen LogP contribution in [0.5, 0.6) is 0 Å². The fourth-order valence-electron chi connectivity index (χ4n) is 2.50. The van der Waals surface area contributed by atoms with Crippen molar-refractivity contribution < 1.29 is 18.0 Å². The molecule has 1 atom stereocenters. The number of amides is 1. The Morgan fingerprint density at radius 3 is 2.90 bits per heavy atom. The second-order valence-corrected chi connectivity index (χ2v) is 4.98. The van der Waals surface area contributed by atoms with Gasteiger partial charge in [0.05, 0.1) is 12.0 Å². The molecule has 110 valence electrons. The van der Waals surface area contributed by atoms with Gasteiger partial charge in [0.2, 0.25) is 0 Å². The van der Waals surface area contributed by atoms with Crippen LogP contribution in [0.3, 0.4) is 0 Å². The number of furan rings is 1. The monoisotopic (exact) mass is 292 g/mol. The maximum Gasteiger partial charge on any atom is 0.287 e. The summed E-state index contributed by atoms with van der Waals surface area (Å²) in [6.45, 7) is 1.08. The Balaban J connectivity index is 1.64. The van der Waals surface area contributed by atoms with Crippen LogP contribution in [0.4, 0.5) is 14.5 Å². The highest BCUT2D eigenvalue weighted by Gasteiger charge is 2.26. The van der Waals surface area contributed by atoms with E-state index >= 15 is 0 Å². The lowest BCUT2D eigenvalue weighted by Gasteiger charge is -2.19. The van der Waals surface area contributed by atoms with Crippen LogP contribution in [0.1, 0.15) is 17.0 Å². The molecule has 3 rings (SSSR count). The molecule has 1 aliphatic heterocycles. The summed E-state index contributed by atoms with van der Waals surface area (Å²) in [4.78, 5) is 13.7. The second kappa shape index (κ2) is 5.55. The smallest absolute Gasteiger partial charge is 0.287 e. The van der Waals surface area contributed by atoms with Crippen molar-refractivity contribution in [2.45, 2.75) is 12.5 Å². The lowest BCUT2D eigenvalue weighted by Crippen LogP contribution is -2.37. The van der Waals surface area contributed by atoms with Gasteiger partial charge in [0.15, 0.2) is 5.76 Å². The van der Waals surface area contributed by atoms with E-state index in [0.29, 0.717) is 25.2 Å². The highest BCUT2D eigenvalue weighted by atomic mass is 19.1. The lowest BCUT2D eigenvalue weighted by molar-refractivity contribution is 0.0912. The minimum atomic E-state index is -0.599. The zero-order valence-electron chi connectivity index (χ0n) is 11.2. The van der Waals surface area contributed by atoms with E-state index < -0.39 is 11.6 Å². The SMILES string of the molecule is O=C(NC1CCN(c2ccc(F)cc2F)C1)c1ccco1. The van der Waals surface area contributed by atoms with E-state index in [1.54, 1.807) is 17.0 Å². The molecule has 0 spiro atoms. The van der Waals surface area contributed by atoms with Gasteiger partial charge in [-0.1, -0.05) is 0 Å². The summed E-state index contributed by atoms with van der Waals surface area (Å²) in [7, 11) is 0. The average molecular weight is 292 g/mol. The predicted molar refractivity (Wildman–Crippen MR) is 73.2 cm³/mol. The molecule has 1 fully saturated rings. The van der Waals surface area contributed by atoms with Crippen molar-refractivity contribution >= 4 is 11.6 Å². The van der Waals surface area contributed by atoms with Crippen molar-refractivity contribution in [1.29, 1.82) is 0 Å². The first kappa shape index (κ1) is 13.6. The van der Waals surface area contributed by atoms with E-state index in [2.05, 4.69) is 5.32 Å². The van der Waals surface area contributed by atoms with Crippen LogP contribution in [-0.2, 0) is 0 Å². The van der Waals surface area contributed by atoms with Crippen molar-refractivity contribution in [2.75, 3.05) is 18.0 Å². The van der Waals surface area contributed by atoms with Gasteiger partial charge < -0.3 is 14.6 Å². The van der Waals surface area contributed by atoms with Crippen molar-refractivity contribution in [3.05, 3.63) is 54.0 Å². The van der Waals surface area contributed by atoms with Gasteiger partial charge in [-0.2, -0.15) is 0 Å². The molecule has 0 radical (unpaired) electrons. The Labute approximate surface area is 120 Å². The molecule has 1 aliphatic rings. The Morgan fingerprint density at radius 2 is 2.19 bits per heavy atom. The van der Waals surface area contributed by atoms with E-state index in [4.69, 9.17) is 4.42 Å². The first-order valence-electron chi connectivity index (χ1n) is 6.68. The molecule has 2 heterocycles. The zero-order chi connectivity index (χ0) is 14.8. The maximum atomic E-state index is 13.7. The van der Waals surface area contributed by atoms with E-state index in [1.165, 1.54) is 18.4 Å². The molecule has 1 N–H and O–H groups in total. The quantitative estimate of drug-likeness (QED) is 0.945. The van der Waals surface area contributed by atoms with Crippen molar-refractivity contribution in [2.24, 2.45) is 0 Å². The van der Waals surface area contributed by atoms with E-state index in [-0.39, 0.29) is 17.7 Å². The molecule has 1 aromatic heterocycles. The molecule has 1 unspecified atom stereocenters. The highest BCUT2D eigenvalue weighted by Crippen LogP contribution is 2.24. The van der Waals surface area contributed by atoms with Crippen LogP contribution in [0.25, 0.3) is 0 Å². The molecule has 1 amide bonds. The number of hydrogen-bond donors (Lipinski definition) is 1. The third kappa shape index (κ3) is 2.89.